The Bertz CT molecular complexity index is 1100. The van der Waals surface area contributed by atoms with Crippen LogP contribution in [0.5, 0.6) is 0 Å². The molecule has 2 aromatic carbocycles. The number of hydrogen-bond donors (Lipinski definition) is 1. The molecule has 0 atom stereocenters. The summed E-state index contributed by atoms with van der Waals surface area (Å²) in [5.41, 5.74) is 2.71. The lowest BCUT2D eigenvalue weighted by molar-refractivity contribution is 0.601. The molecular formula is C19H14ClN3O2S. The van der Waals surface area contributed by atoms with Crippen LogP contribution in [-0.4, -0.2) is 13.4 Å². The Hall–Kier alpha value is -2.88. The molecule has 0 amide bonds. The molecule has 7 heteroatoms. The molecule has 0 saturated heterocycles. The SMILES string of the molecule is [C-]#[N+]c1ccc(-c2ccc(S(=O)(=O)Nc3cccc(C)n3)cc2)cc1Cl. The summed E-state index contributed by atoms with van der Waals surface area (Å²) in [7, 11) is -3.73. The molecule has 5 nitrogen and oxygen atoms in total. The summed E-state index contributed by atoms with van der Waals surface area (Å²) in [4.78, 5) is 7.60. The van der Waals surface area contributed by atoms with Gasteiger partial charge in [-0.1, -0.05) is 41.9 Å². The zero-order valence-corrected chi connectivity index (χ0v) is 15.3. The maximum Gasteiger partial charge on any atom is 0.263 e. The number of benzene rings is 2. The molecule has 26 heavy (non-hydrogen) atoms. The number of aromatic nitrogens is 1. The van der Waals surface area contributed by atoms with E-state index in [0.717, 1.165) is 16.8 Å². The maximum atomic E-state index is 12.5. The number of hydrogen-bond acceptors (Lipinski definition) is 3. The van der Waals surface area contributed by atoms with Crippen molar-refractivity contribution in [3.63, 3.8) is 0 Å². The minimum Gasteiger partial charge on any atom is -0.263 e. The van der Waals surface area contributed by atoms with Crippen molar-refractivity contribution in [1.82, 2.24) is 4.98 Å². The molecule has 1 aromatic heterocycles. The van der Waals surface area contributed by atoms with Gasteiger partial charge in [0.15, 0.2) is 0 Å². The van der Waals surface area contributed by atoms with Gasteiger partial charge in [0.25, 0.3) is 10.0 Å². The Kier molecular flexibility index (Phi) is 4.94. The Morgan fingerprint density at radius 1 is 1.04 bits per heavy atom. The van der Waals surface area contributed by atoms with Gasteiger partial charge in [0.1, 0.15) is 5.82 Å². The molecule has 1 N–H and O–H groups in total. The molecule has 0 radical (unpaired) electrons. The van der Waals surface area contributed by atoms with Crippen molar-refractivity contribution >= 4 is 33.1 Å². The van der Waals surface area contributed by atoms with E-state index < -0.39 is 10.0 Å². The average molecular weight is 384 g/mol. The number of nitrogens with zero attached hydrogens (tertiary/aromatic N) is 2. The van der Waals surface area contributed by atoms with Crippen molar-refractivity contribution in [3.05, 3.63) is 82.8 Å². The largest absolute Gasteiger partial charge is 0.263 e. The smallest absolute Gasteiger partial charge is 0.263 e. The van der Waals surface area contributed by atoms with Crippen LogP contribution in [0, 0.1) is 13.5 Å². The van der Waals surface area contributed by atoms with E-state index in [4.69, 9.17) is 18.2 Å². The maximum absolute atomic E-state index is 12.5. The van der Waals surface area contributed by atoms with E-state index >= 15 is 0 Å². The first-order valence-electron chi connectivity index (χ1n) is 7.63. The minimum absolute atomic E-state index is 0.133. The van der Waals surface area contributed by atoms with E-state index in [0.29, 0.717) is 10.7 Å². The van der Waals surface area contributed by atoms with Gasteiger partial charge in [0.2, 0.25) is 5.69 Å². The van der Waals surface area contributed by atoms with Crippen LogP contribution in [0.3, 0.4) is 0 Å². The van der Waals surface area contributed by atoms with Crippen molar-refractivity contribution in [2.75, 3.05) is 4.72 Å². The van der Waals surface area contributed by atoms with Crippen LogP contribution < -0.4 is 4.72 Å². The summed E-state index contributed by atoms with van der Waals surface area (Å²) >= 11 is 6.06. The average Bonchev–Trinajstić information content (AvgIpc) is 2.61. The molecule has 0 saturated carbocycles. The van der Waals surface area contributed by atoms with Crippen LogP contribution in [0.1, 0.15) is 5.69 Å². The standard InChI is InChI=1S/C19H14ClN3O2S/c1-13-4-3-5-19(22-13)23-26(24,25)16-9-6-14(7-10-16)15-8-11-18(21-2)17(20)12-15/h3-12H,1H3,(H,22,23). The van der Waals surface area contributed by atoms with E-state index in [-0.39, 0.29) is 10.7 Å². The van der Waals surface area contributed by atoms with Gasteiger partial charge in [-0.2, -0.15) is 0 Å². The highest BCUT2D eigenvalue weighted by Gasteiger charge is 2.15. The summed E-state index contributed by atoms with van der Waals surface area (Å²) in [6, 6.07) is 16.7. The summed E-state index contributed by atoms with van der Waals surface area (Å²) in [5.74, 6) is 0.274. The fourth-order valence-corrected chi connectivity index (χ4v) is 3.62. The van der Waals surface area contributed by atoms with E-state index in [2.05, 4.69) is 14.6 Å². The molecule has 0 aliphatic carbocycles. The van der Waals surface area contributed by atoms with Crippen LogP contribution in [0.4, 0.5) is 11.5 Å². The minimum atomic E-state index is -3.73. The first-order valence-corrected chi connectivity index (χ1v) is 9.49. The van der Waals surface area contributed by atoms with E-state index in [1.165, 1.54) is 12.1 Å². The number of halogens is 1. The topological polar surface area (TPSA) is 63.4 Å². The Morgan fingerprint density at radius 3 is 2.35 bits per heavy atom. The summed E-state index contributed by atoms with van der Waals surface area (Å²) < 4.78 is 27.5. The van der Waals surface area contributed by atoms with Crippen LogP contribution in [0.2, 0.25) is 5.02 Å². The lowest BCUT2D eigenvalue weighted by atomic mass is 10.1. The quantitative estimate of drug-likeness (QED) is 0.640. The zero-order valence-electron chi connectivity index (χ0n) is 13.8. The van der Waals surface area contributed by atoms with Crippen LogP contribution in [0.25, 0.3) is 16.0 Å². The predicted molar refractivity (Wildman–Crippen MR) is 103 cm³/mol. The summed E-state index contributed by atoms with van der Waals surface area (Å²) in [6.07, 6.45) is 0. The Labute approximate surface area is 157 Å². The summed E-state index contributed by atoms with van der Waals surface area (Å²) in [5, 5.41) is 0.362. The van der Waals surface area contributed by atoms with Gasteiger partial charge in [-0.3, -0.25) is 4.72 Å². The van der Waals surface area contributed by atoms with Gasteiger partial charge in [0, 0.05) is 10.7 Å². The third-order valence-corrected chi connectivity index (χ3v) is 5.37. The second-order valence-electron chi connectivity index (χ2n) is 5.57. The first-order chi connectivity index (χ1) is 12.4. The fraction of sp³-hybridized carbons (Fsp3) is 0.0526. The first kappa shape index (κ1) is 17.9. The molecule has 0 unspecified atom stereocenters. The molecule has 3 aromatic rings. The number of aryl methyl sites for hydroxylation is 1. The van der Waals surface area contributed by atoms with Crippen molar-refractivity contribution in [2.45, 2.75) is 11.8 Å². The van der Waals surface area contributed by atoms with Gasteiger partial charge in [0.05, 0.1) is 11.5 Å². The monoisotopic (exact) mass is 383 g/mol. The van der Waals surface area contributed by atoms with Gasteiger partial charge >= 0.3 is 0 Å². The number of rotatable bonds is 4. The van der Waals surface area contributed by atoms with E-state index in [1.54, 1.807) is 55.5 Å². The second-order valence-corrected chi connectivity index (χ2v) is 7.66. The molecular weight excluding hydrogens is 370 g/mol. The zero-order chi connectivity index (χ0) is 18.7. The Balaban J connectivity index is 1.87. The third kappa shape index (κ3) is 3.85. The van der Waals surface area contributed by atoms with Crippen molar-refractivity contribution in [2.24, 2.45) is 0 Å². The molecule has 0 aliphatic heterocycles. The van der Waals surface area contributed by atoms with Crippen LogP contribution in [-0.2, 0) is 10.0 Å². The molecule has 0 bridgehead atoms. The van der Waals surface area contributed by atoms with E-state index in [1.807, 2.05) is 0 Å². The number of pyridine rings is 1. The fourth-order valence-electron chi connectivity index (χ4n) is 2.40. The molecule has 0 spiro atoms. The molecule has 130 valence electrons. The predicted octanol–water partition coefficient (Wildman–Crippen LogP) is 5.06. The van der Waals surface area contributed by atoms with Gasteiger partial charge < -0.3 is 0 Å². The van der Waals surface area contributed by atoms with Crippen LogP contribution >= 0.6 is 11.6 Å². The molecule has 0 fully saturated rings. The number of nitrogens with one attached hydrogen (secondary N) is 1. The Morgan fingerprint density at radius 2 is 1.73 bits per heavy atom. The number of anilines is 1. The highest BCUT2D eigenvalue weighted by atomic mass is 35.5. The third-order valence-electron chi connectivity index (χ3n) is 3.69. The van der Waals surface area contributed by atoms with Crippen molar-refractivity contribution in [1.29, 1.82) is 0 Å². The van der Waals surface area contributed by atoms with E-state index in [9.17, 15) is 8.42 Å². The highest BCUT2D eigenvalue weighted by molar-refractivity contribution is 7.92. The van der Waals surface area contributed by atoms with Crippen molar-refractivity contribution < 1.29 is 8.42 Å². The normalized spacial score (nSPS) is 11.0. The van der Waals surface area contributed by atoms with Gasteiger partial charge in [-0.05, 0) is 48.4 Å². The molecule has 1 heterocycles. The van der Waals surface area contributed by atoms with Gasteiger partial charge in [-0.25, -0.2) is 18.2 Å². The lowest BCUT2D eigenvalue weighted by Gasteiger charge is -2.09. The second kappa shape index (κ2) is 7.16. The van der Waals surface area contributed by atoms with Crippen molar-refractivity contribution in [3.8, 4) is 11.1 Å². The highest BCUT2D eigenvalue weighted by Crippen LogP contribution is 2.31. The molecule has 0 aliphatic rings. The lowest BCUT2D eigenvalue weighted by Crippen LogP contribution is -2.14. The van der Waals surface area contributed by atoms with Crippen LogP contribution in [0.15, 0.2) is 65.6 Å². The number of sulfonamides is 1. The van der Waals surface area contributed by atoms with Gasteiger partial charge in [-0.15, -0.1) is 0 Å². The molecule has 3 rings (SSSR count). The summed E-state index contributed by atoms with van der Waals surface area (Å²) in [6.45, 7) is 8.81.